The molecule has 0 amide bonds. The molecule has 0 atom stereocenters. The highest BCUT2D eigenvalue weighted by Gasteiger charge is 2.13. The van der Waals surface area contributed by atoms with Crippen LogP contribution in [-0.4, -0.2) is 21.1 Å². The fraction of sp³-hybridized carbons (Fsp3) is 1.00. The van der Waals surface area contributed by atoms with Gasteiger partial charge in [-0.15, -0.1) is 0 Å². The average Bonchev–Trinajstić information content (AvgIpc) is 1.55. The first-order chi connectivity index (χ1) is 4.71. The van der Waals surface area contributed by atoms with Crippen LogP contribution in [0.1, 0.15) is 41.5 Å². The van der Waals surface area contributed by atoms with Crippen LogP contribution in [0, 0.1) is 0 Å². The molecule has 0 unspecified atom stereocenters. The Morgan fingerprint density at radius 3 is 1.73 bits per heavy atom. The molecular formula is C8H21NOSi. The van der Waals surface area contributed by atoms with Gasteiger partial charge in [-0.25, -0.2) is 0 Å². The van der Waals surface area contributed by atoms with Gasteiger partial charge < -0.3 is 9.41 Å². The molecule has 0 aliphatic carbocycles. The molecule has 0 rings (SSSR count). The maximum absolute atomic E-state index is 5.63. The topological polar surface area (TPSA) is 21.3 Å². The summed E-state index contributed by atoms with van der Waals surface area (Å²) in [6.45, 7) is 12.7. The lowest BCUT2D eigenvalue weighted by molar-refractivity contribution is 0.132. The van der Waals surface area contributed by atoms with Crippen LogP contribution in [0.4, 0.5) is 0 Å². The standard InChI is InChI=1S/C8H21NOSi/c1-7(2,3)9-11-10-8(4,5)6/h9H,11H2,1-6H3. The van der Waals surface area contributed by atoms with E-state index in [4.69, 9.17) is 4.43 Å². The van der Waals surface area contributed by atoms with Crippen molar-refractivity contribution in [1.29, 1.82) is 0 Å². The van der Waals surface area contributed by atoms with Gasteiger partial charge in [-0.2, -0.15) is 0 Å². The van der Waals surface area contributed by atoms with Gasteiger partial charge in [-0.1, -0.05) is 0 Å². The molecule has 0 fully saturated rings. The van der Waals surface area contributed by atoms with Crippen molar-refractivity contribution in [1.82, 2.24) is 4.98 Å². The van der Waals surface area contributed by atoms with Crippen molar-refractivity contribution in [3.8, 4) is 0 Å². The molecule has 0 aliphatic rings. The molecule has 1 N–H and O–H groups in total. The molecule has 68 valence electrons. The van der Waals surface area contributed by atoms with E-state index in [1.54, 1.807) is 0 Å². The number of nitrogens with one attached hydrogen (secondary N) is 1. The summed E-state index contributed by atoms with van der Waals surface area (Å²) in [6.07, 6.45) is 0. The molecule has 0 saturated heterocycles. The van der Waals surface area contributed by atoms with Crippen molar-refractivity contribution in [3.05, 3.63) is 0 Å². The Balaban J connectivity index is 3.44. The quantitative estimate of drug-likeness (QED) is 0.637. The van der Waals surface area contributed by atoms with E-state index in [2.05, 4.69) is 46.5 Å². The lowest BCUT2D eigenvalue weighted by Crippen LogP contribution is -2.42. The van der Waals surface area contributed by atoms with Crippen molar-refractivity contribution in [2.75, 3.05) is 0 Å². The third-order valence-electron chi connectivity index (χ3n) is 1.11. The summed E-state index contributed by atoms with van der Waals surface area (Å²) in [7, 11) is -0.547. The molecule has 0 aromatic heterocycles. The van der Waals surface area contributed by atoms with Crippen LogP contribution in [0.5, 0.6) is 0 Å². The van der Waals surface area contributed by atoms with Crippen LogP contribution in [0.15, 0.2) is 0 Å². The van der Waals surface area contributed by atoms with E-state index in [0.717, 1.165) is 0 Å². The fourth-order valence-electron chi connectivity index (χ4n) is 0.469. The second-order valence-electron chi connectivity index (χ2n) is 4.83. The van der Waals surface area contributed by atoms with Crippen molar-refractivity contribution >= 4 is 9.92 Å². The van der Waals surface area contributed by atoms with Gasteiger partial charge in [0.2, 0.25) is 9.92 Å². The zero-order valence-corrected chi connectivity index (χ0v) is 10.0. The molecule has 0 saturated carbocycles. The van der Waals surface area contributed by atoms with E-state index in [1.807, 2.05) is 0 Å². The first-order valence-electron chi connectivity index (χ1n) is 4.10. The zero-order valence-electron chi connectivity index (χ0n) is 8.62. The van der Waals surface area contributed by atoms with E-state index in [1.165, 1.54) is 0 Å². The molecule has 0 heterocycles. The summed E-state index contributed by atoms with van der Waals surface area (Å²) >= 11 is 0. The van der Waals surface area contributed by atoms with Gasteiger partial charge in [-0.05, 0) is 41.5 Å². The smallest absolute Gasteiger partial charge is 0.237 e. The Morgan fingerprint density at radius 2 is 1.45 bits per heavy atom. The van der Waals surface area contributed by atoms with Gasteiger partial charge in [-0.3, -0.25) is 0 Å². The third kappa shape index (κ3) is 10.1. The minimum Gasteiger partial charge on any atom is -0.404 e. The van der Waals surface area contributed by atoms with Gasteiger partial charge >= 0.3 is 0 Å². The molecule has 11 heavy (non-hydrogen) atoms. The third-order valence-corrected chi connectivity index (χ3v) is 3.32. The molecule has 2 nitrogen and oxygen atoms in total. The normalized spacial score (nSPS) is 14.7. The monoisotopic (exact) mass is 175 g/mol. The molecule has 0 aromatic carbocycles. The summed E-state index contributed by atoms with van der Waals surface area (Å²) in [5.74, 6) is 0. The van der Waals surface area contributed by atoms with E-state index in [9.17, 15) is 0 Å². The summed E-state index contributed by atoms with van der Waals surface area (Å²) in [4.78, 5) is 3.40. The zero-order chi connectivity index (χ0) is 9.12. The highest BCUT2D eigenvalue weighted by Crippen LogP contribution is 2.05. The second-order valence-corrected chi connectivity index (χ2v) is 5.76. The largest absolute Gasteiger partial charge is 0.404 e. The van der Waals surface area contributed by atoms with Crippen LogP contribution >= 0.6 is 0 Å². The summed E-state index contributed by atoms with van der Waals surface area (Å²) in [6, 6.07) is 0. The molecule has 0 aromatic rings. The highest BCUT2D eigenvalue weighted by molar-refractivity contribution is 6.24. The lowest BCUT2D eigenvalue weighted by atomic mass is 10.1. The minimum atomic E-state index is -0.547. The van der Waals surface area contributed by atoms with Crippen molar-refractivity contribution < 1.29 is 4.43 Å². The van der Waals surface area contributed by atoms with Gasteiger partial charge in [0.05, 0.1) is 0 Å². The molecular weight excluding hydrogens is 154 g/mol. The summed E-state index contributed by atoms with van der Waals surface area (Å²) in [5.41, 5.74) is 0.224. The fourth-order valence-corrected chi connectivity index (χ4v) is 1.41. The van der Waals surface area contributed by atoms with Crippen molar-refractivity contribution in [2.24, 2.45) is 0 Å². The number of hydrogen-bond donors (Lipinski definition) is 1. The molecule has 0 spiro atoms. The SMILES string of the molecule is CC(C)(C)N[SiH2]OC(C)(C)C. The molecule has 3 heteroatoms. The predicted molar refractivity (Wildman–Crippen MR) is 52.3 cm³/mol. The van der Waals surface area contributed by atoms with E-state index in [-0.39, 0.29) is 11.1 Å². The van der Waals surface area contributed by atoms with Crippen LogP contribution in [0.25, 0.3) is 0 Å². The maximum atomic E-state index is 5.63. The van der Waals surface area contributed by atoms with E-state index >= 15 is 0 Å². The van der Waals surface area contributed by atoms with Gasteiger partial charge in [0, 0.05) is 11.1 Å². The number of hydrogen-bond acceptors (Lipinski definition) is 2. The van der Waals surface area contributed by atoms with Crippen LogP contribution in [0.2, 0.25) is 0 Å². The lowest BCUT2D eigenvalue weighted by Gasteiger charge is -2.25. The first-order valence-corrected chi connectivity index (χ1v) is 5.38. The summed E-state index contributed by atoms with van der Waals surface area (Å²) < 4.78 is 5.63. The van der Waals surface area contributed by atoms with Crippen molar-refractivity contribution in [2.45, 2.75) is 52.7 Å². The molecule has 0 bridgehead atoms. The predicted octanol–water partition coefficient (Wildman–Crippen LogP) is 1.19. The molecule has 0 aliphatic heterocycles. The Bertz CT molecular complexity index is 98.2. The van der Waals surface area contributed by atoms with Gasteiger partial charge in [0.25, 0.3) is 0 Å². The number of rotatable bonds is 2. The van der Waals surface area contributed by atoms with Gasteiger partial charge in [0.15, 0.2) is 0 Å². The Labute approximate surface area is 72.7 Å². The van der Waals surface area contributed by atoms with E-state index in [0.29, 0.717) is 0 Å². The minimum absolute atomic E-state index is 0.0183. The average molecular weight is 175 g/mol. The summed E-state index contributed by atoms with van der Waals surface area (Å²) in [5, 5.41) is 0. The van der Waals surface area contributed by atoms with Crippen LogP contribution in [-0.2, 0) is 4.43 Å². The first kappa shape index (κ1) is 11.1. The van der Waals surface area contributed by atoms with Crippen LogP contribution < -0.4 is 4.98 Å². The maximum Gasteiger partial charge on any atom is 0.237 e. The Morgan fingerprint density at radius 1 is 1.00 bits per heavy atom. The highest BCUT2D eigenvalue weighted by atomic mass is 28.2. The van der Waals surface area contributed by atoms with Crippen molar-refractivity contribution in [3.63, 3.8) is 0 Å². The molecule has 0 radical (unpaired) electrons. The van der Waals surface area contributed by atoms with Crippen LogP contribution in [0.3, 0.4) is 0 Å². The Kier molecular flexibility index (Phi) is 3.74. The Hall–Kier alpha value is 0.137. The second kappa shape index (κ2) is 3.69. The van der Waals surface area contributed by atoms with Gasteiger partial charge in [0.1, 0.15) is 0 Å². The van der Waals surface area contributed by atoms with E-state index < -0.39 is 9.92 Å².